The number of carbonyl (C=O) groups is 1. The van der Waals surface area contributed by atoms with Crippen LogP contribution in [0.5, 0.6) is 0 Å². The molecule has 0 spiro atoms. The molecular formula is C21H28FIN4O. The van der Waals surface area contributed by atoms with Crippen molar-refractivity contribution in [2.45, 2.75) is 33.4 Å². The van der Waals surface area contributed by atoms with Crippen molar-refractivity contribution in [3.8, 4) is 0 Å². The van der Waals surface area contributed by atoms with Crippen LogP contribution in [0.3, 0.4) is 0 Å². The number of nitrogens with one attached hydrogen (secondary N) is 3. The van der Waals surface area contributed by atoms with Gasteiger partial charge in [-0.3, -0.25) is 9.79 Å². The molecule has 0 saturated heterocycles. The second-order valence-electron chi connectivity index (χ2n) is 6.41. The van der Waals surface area contributed by atoms with Gasteiger partial charge < -0.3 is 16.0 Å². The van der Waals surface area contributed by atoms with E-state index >= 15 is 0 Å². The summed E-state index contributed by atoms with van der Waals surface area (Å²) in [6.07, 6.45) is 0.806. The fraction of sp³-hybridized carbons (Fsp3) is 0.333. The van der Waals surface area contributed by atoms with Crippen molar-refractivity contribution in [3.05, 3.63) is 65.5 Å². The number of carbonyl (C=O) groups excluding carboxylic acids is 1. The zero-order valence-corrected chi connectivity index (χ0v) is 18.8. The van der Waals surface area contributed by atoms with Crippen LogP contribution in [0.15, 0.2) is 53.5 Å². The van der Waals surface area contributed by atoms with Gasteiger partial charge in [-0.25, -0.2) is 4.39 Å². The maximum Gasteiger partial charge on any atom is 0.227 e. The Morgan fingerprint density at radius 1 is 1.07 bits per heavy atom. The molecule has 1 unspecified atom stereocenters. The van der Waals surface area contributed by atoms with Crippen molar-refractivity contribution in [2.75, 3.05) is 12.4 Å². The quantitative estimate of drug-likeness (QED) is 0.303. The standard InChI is InChI=1S/C21H27FN4O.HI/c1-4-15(2)20(27)26-19-10-6-8-17(12-19)14-25-21(23-3)24-13-16-7-5-9-18(22)11-16;/h5-12,15H,4,13-14H2,1-3H3,(H,26,27)(H2,23,24,25);1H. The summed E-state index contributed by atoms with van der Waals surface area (Å²) in [4.78, 5) is 16.2. The van der Waals surface area contributed by atoms with Crippen LogP contribution in [0.1, 0.15) is 31.4 Å². The lowest BCUT2D eigenvalue weighted by Crippen LogP contribution is -2.36. The number of halogens is 2. The normalized spacial score (nSPS) is 11.9. The number of anilines is 1. The smallest absolute Gasteiger partial charge is 0.227 e. The second-order valence-corrected chi connectivity index (χ2v) is 6.41. The lowest BCUT2D eigenvalue weighted by molar-refractivity contribution is -0.119. The highest BCUT2D eigenvalue weighted by Crippen LogP contribution is 2.13. The van der Waals surface area contributed by atoms with E-state index in [0.29, 0.717) is 19.0 Å². The van der Waals surface area contributed by atoms with Crippen molar-refractivity contribution >= 4 is 41.5 Å². The third kappa shape index (κ3) is 7.84. The summed E-state index contributed by atoms with van der Waals surface area (Å²) in [5.41, 5.74) is 2.64. The van der Waals surface area contributed by atoms with Crippen molar-refractivity contribution in [1.29, 1.82) is 0 Å². The number of hydrogen-bond donors (Lipinski definition) is 3. The molecule has 3 N–H and O–H groups in total. The summed E-state index contributed by atoms with van der Waals surface area (Å²) < 4.78 is 13.2. The minimum absolute atomic E-state index is 0. The molecule has 2 aromatic rings. The summed E-state index contributed by atoms with van der Waals surface area (Å²) in [5, 5.41) is 9.31. The summed E-state index contributed by atoms with van der Waals surface area (Å²) in [5.74, 6) is 0.370. The highest BCUT2D eigenvalue weighted by Gasteiger charge is 2.10. The molecule has 0 heterocycles. The molecule has 0 aliphatic rings. The van der Waals surface area contributed by atoms with Gasteiger partial charge in [0, 0.05) is 31.7 Å². The number of aliphatic imine (C=N–C) groups is 1. The van der Waals surface area contributed by atoms with Crippen molar-refractivity contribution in [2.24, 2.45) is 10.9 Å². The first-order valence-corrected chi connectivity index (χ1v) is 9.10. The number of nitrogens with zero attached hydrogens (tertiary/aromatic N) is 1. The van der Waals surface area contributed by atoms with Crippen LogP contribution in [0.2, 0.25) is 0 Å². The molecule has 0 aromatic heterocycles. The monoisotopic (exact) mass is 498 g/mol. The van der Waals surface area contributed by atoms with Crippen LogP contribution >= 0.6 is 24.0 Å². The molecule has 2 rings (SSSR count). The van der Waals surface area contributed by atoms with Gasteiger partial charge in [0.15, 0.2) is 5.96 Å². The third-order valence-corrected chi connectivity index (χ3v) is 4.29. The van der Waals surface area contributed by atoms with E-state index in [1.807, 2.05) is 44.2 Å². The van der Waals surface area contributed by atoms with Gasteiger partial charge in [0.25, 0.3) is 0 Å². The average Bonchev–Trinajstić information content (AvgIpc) is 2.67. The van der Waals surface area contributed by atoms with Crippen LogP contribution in [0.4, 0.5) is 10.1 Å². The van der Waals surface area contributed by atoms with E-state index < -0.39 is 0 Å². The Labute approximate surface area is 183 Å². The Morgan fingerprint density at radius 3 is 2.25 bits per heavy atom. The highest BCUT2D eigenvalue weighted by atomic mass is 127. The minimum atomic E-state index is -0.256. The average molecular weight is 498 g/mol. The molecular weight excluding hydrogens is 470 g/mol. The molecule has 7 heteroatoms. The van der Waals surface area contributed by atoms with E-state index in [4.69, 9.17) is 0 Å². The molecule has 0 fully saturated rings. The van der Waals surface area contributed by atoms with E-state index in [0.717, 1.165) is 23.2 Å². The Kier molecular flexibility index (Phi) is 10.5. The Bertz CT molecular complexity index is 797. The van der Waals surface area contributed by atoms with Crippen LogP contribution < -0.4 is 16.0 Å². The van der Waals surface area contributed by atoms with Crippen LogP contribution in [-0.4, -0.2) is 18.9 Å². The van der Waals surface area contributed by atoms with Crippen LogP contribution in [0.25, 0.3) is 0 Å². The van der Waals surface area contributed by atoms with Gasteiger partial charge >= 0.3 is 0 Å². The first-order valence-electron chi connectivity index (χ1n) is 9.10. The molecule has 0 aliphatic heterocycles. The van der Waals surface area contributed by atoms with E-state index in [1.54, 1.807) is 13.1 Å². The molecule has 1 atom stereocenters. The molecule has 1 amide bonds. The van der Waals surface area contributed by atoms with E-state index in [-0.39, 0.29) is 41.6 Å². The van der Waals surface area contributed by atoms with Crippen molar-refractivity contribution in [1.82, 2.24) is 10.6 Å². The maximum atomic E-state index is 13.2. The number of guanidine groups is 1. The molecule has 0 radical (unpaired) electrons. The van der Waals surface area contributed by atoms with Crippen LogP contribution in [0, 0.1) is 11.7 Å². The summed E-state index contributed by atoms with van der Waals surface area (Å²) in [6, 6.07) is 14.1. The largest absolute Gasteiger partial charge is 0.352 e. The Morgan fingerprint density at radius 2 is 1.68 bits per heavy atom. The fourth-order valence-corrected chi connectivity index (χ4v) is 2.45. The van der Waals surface area contributed by atoms with E-state index in [9.17, 15) is 9.18 Å². The fourth-order valence-electron chi connectivity index (χ4n) is 2.45. The topological polar surface area (TPSA) is 65.5 Å². The molecule has 28 heavy (non-hydrogen) atoms. The molecule has 0 aliphatic carbocycles. The zero-order chi connectivity index (χ0) is 19.6. The van der Waals surface area contributed by atoms with Gasteiger partial charge in [-0.2, -0.15) is 0 Å². The van der Waals surface area contributed by atoms with E-state index in [1.165, 1.54) is 12.1 Å². The van der Waals surface area contributed by atoms with Gasteiger partial charge in [0.2, 0.25) is 5.91 Å². The van der Waals surface area contributed by atoms with Crippen molar-refractivity contribution < 1.29 is 9.18 Å². The minimum Gasteiger partial charge on any atom is -0.352 e. The number of benzene rings is 2. The summed E-state index contributed by atoms with van der Waals surface area (Å²) in [6.45, 7) is 4.93. The van der Waals surface area contributed by atoms with Gasteiger partial charge in [0.1, 0.15) is 5.82 Å². The van der Waals surface area contributed by atoms with Crippen molar-refractivity contribution in [3.63, 3.8) is 0 Å². The predicted octanol–water partition coefficient (Wildman–Crippen LogP) is 4.29. The van der Waals surface area contributed by atoms with Gasteiger partial charge in [-0.05, 0) is 41.8 Å². The predicted molar refractivity (Wildman–Crippen MR) is 123 cm³/mol. The zero-order valence-electron chi connectivity index (χ0n) is 16.5. The maximum absolute atomic E-state index is 13.2. The molecule has 0 bridgehead atoms. The molecule has 2 aromatic carbocycles. The Hall–Kier alpha value is -2.16. The lowest BCUT2D eigenvalue weighted by Gasteiger charge is -2.14. The molecule has 5 nitrogen and oxygen atoms in total. The SMILES string of the molecule is CCC(C)C(=O)Nc1cccc(CNC(=NC)NCc2cccc(F)c2)c1.I. The van der Waals surface area contributed by atoms with Gasteiger partial charge in [0.05, 0.1) is 0 Å². The summed E-state index contributed by atoms with van der Waals surface area (Å²) in [7, 11) is 1.68. The Balaban J connectivity index is 0.00000392. The first-order chi connectivity index (χ1) is 13.0. The van der Waals surface area contributed by atoms with Gasteiger partial charge in [-0.1, -0.05) is 38.1 Å². The second kappa shape index (κ2) is 12.3. The van der Waals surface area contributed by atoms with E-state index in [2.05, 4.69) is 20.9 Å². The number of rotatable bonds is 7. The highest BCUT2D eigenvalue weighted by molar-refractivity contribution is 14.0. The third-order valence-electron chi connectivity index (χ3n) is 4.29. The van der Waals surface area contributed by atoms with Crippen LogP contribution in [-0.2, 0) is 17.9 Å². The van der Waals surface area contributed by atoms with Gasteiger partial charge in [-0.15, -0.1) is 24.0 Å². The molecule has 152 valence electrons. The number of hydrogen-bond acceptors (Lipinski definition) is 2. The first kappa shape index (κ1) is 23.9. The molecule has 0 saturated carbocycles. The number of amides is 1. The summed E-state index contributed by atoms with van der Waals surface area (Å²) >= 11 is 0. The lowest BCUT2D eigenvalue weighted by atomic mass is 10.1.